The predicted octanol–water partition coefficient (Wildman–Crippen LogP) is 1.08. The van der Waals surface area contributed by atoms with Crippen LogP contribution in [0.3, 0.4) is 0 Å². The van der Waals surface area contributed by atoms with E-state index in [1.165, 1.54) is 12.1 Å². The van der Waals surface area contributed by atoms with Crippen molar-refractivity contribution in [3.8, 4) is 0 Å². The molecule has 0 saturated carbocycles. The van der Waals surface area contributed by atoms with Crippen molar-refractivity contribution in [3.63, 3.8) is 0 Å². The lowest BCUT2D eigenvalue weighted by atomic mass is 10.2. The Morgan fingerprint density at radius 2 is 2.07 bits per heavy atom. The first-order valence-corrected chi connectivity index (χ1v) is 5.87. The van der Waals surface area contributed by atoms with Crippen LogP contribution in [0.2, 0.25) is 0 Å². The molecule has 14 heavy (non-hydrogen) atoms. The van der Waals surface area contributed by atoms with E-state index in [-0.39, 0.29) is 22.8 Å². The van der Waals surface area contributed by atoms with Crippen LogP contribution in [0.25, 0.3) is 0 Å². The minimum Gasteiger partial charge on any atom is -0.326 e. The molecule has 2 N–H and O–H groups in total. The summed E-state index contributed by atoms with van der Waals surface area (Å²) in [5, 5.41) is 0. The Bertz CT molecular complexity index is 428. The second kappa shape index (κ2) is 4.06. The molecule has 0 unspecified atom stereocenters. The summed E-state index contributed by atoms with van der Waals surface area (Å²) in [6, 6.07) is 3.67. The summed E-state index contributed by atoms with van der Waals surface area (Å²) in [5.74, 6) is -0.467. The molecule has 0 radical (unpaired) electrons. The second-order valence-electron chi connectivity index (χ2n) is 2.86. The number of hydrogen-bond acceptors (Lipinski definition) is 3. The van der Waals surface area contributed by atoms with Crippen molar-refractivity contribution >= 4 is 9.84 Å². The van der Waals surface area contributed by atoms with E-state index >= 15 is 0 Å². The fourth-order valence-corrected chi connectivity index (χ4v) is 2.00. The van der Waals surface area contributed by atoms with Crippen LogP contribution < -0.4 is 5.73 Å². The molecule has 1 aromatic rings. The van der Waals surface area contributed by atoms with Crippen molar-refractivity contribution in [2.75, 3.05) is 5.75 Å². The molecule has 0 bridgehead atoms. The lowest BCUT2D eigenvalue weighted by molar-refractivity contribution is 0.593. The lowest BCUT2D eigenvalue weighted by Gasteiger charge is -2.04. The third-order valence-corrected chi connectivity index (χ3v) is 3.71. The Morgan fingerprint density at radius 3 is 2.57 bits per heavy atom. The molecule has 0 fully saturated rings. The number of rotatable bonds is 3. The van der Waals surface area contributed by atoms with Crippen LogP contribution in [0.4, 0.5) is 4.39 Å². The van der Waals surface area contributed by atoms with Crippen molar-refractivity contribution in [3.05, 3.63) is 29.6 Å². The number of nitrogens with two attached hydrogens (primary N) is 1. The largest absolute Gasteiger partial charge is 0.326 e. The summed E-state index contributed by atoms with van der Waals surface area (Å²) < 4.78 is 35.8. The van der Waals surface area contributed by atoms with Crippen LogP contribution in [0.1, 0.15) is 12.5 Å². The van der Waals surface area contributed by atoms with Gasteiger partial charge in [0, 0.05) is 12.1 Å². The monoisotopic (exact) mass is 217 g/mol. The zero-order valence-corrected chi connectivity index (χ0v) is 8.64. The molecule has 0 aliphatic rings. The molecule has 1 rings (SSSR count). The van der Waals surface area contributed by atoms with Crippen molar-refractivity contribution in [2.24, 2.45) is 5.73 Å². The van der Waals surface area contributed by atoms with Crippen LogP contribution in [-0.2, 0) is 16.4 Å². The average Bonchev–Trinajstić information content (AvgIpc) is 2.18. The third kappa shape index (κ3) is 2.10. The van der Waals surface area contributed by atoms with E-state index in [9.17, 15) is 12.8 Å². The molecule has 0 saturated heterocycles. The highest BCUT2D eigenvalue weighted by Gasteiger charge is 2.13. The van der Waals surface area contributed by atoms with Gasteiger partial charge in [-0.1, -0.05) is 6.92 Å². The van der Waals surface area contributed by atoms with Gasteiger partial charge in [0.1, 0.15) is 5.82 Å². The highest BCUT2D eigenvalue weighted by Crippen LogP contribution is 2.15. The minimum atomic E-state index is -3.27. The fraction of sp³-hybridized carbons (Fsp3) is 0.333. The van der Waals surface area contributed by atoms with Gasteiger partial charge in [-0.15, -0.1) is 0 Å². The first-order valence-electron chi connectivity index (χ1n) is 4.22. The van der Waals surface area contributed by atoms with Gasteiger partial charge in [-0.2, -0.15) is 0 Å². The van der Waals surface area contributed by atoms with Gasteiger partial charge in [-0.25, -0.2) is 12.8 Å². The van der Waals surface area contributed by atoms with Gasteiger partial charge >= 0.3 is 0 Å². The normalized spacial score (nSPS) is 11.6. The van der Waals surface area contributed by atoms with E-state index in [2.05, 4.69) is 0 Å². The molecule has 0 heterocycles. The highest BCUT2D eigenvalue weighted by molar-refractivity contribution is 7.91. The van der Waals surface area contributed by atoms with E-state index in [4.69, 9.17) is 5.73 Å². The molecule has 0 amide bonds. The van der Waals surface area contributed by atoms with Crippen LogP contribution in [0, 0.1) is 5.82 Å². The van der Waals surface area contributed by atoms with Gasteiger partial charge in [0.05, 0.1) is 10.6 Å². The summed E-state index contributed by atoms with van der Waals surface area (Å²) >= 11 is 0. The van der Waals surface area contributed by atoms with Gasteiger partial charge in [-0.05, 0) is 18.2 Å². The Kier molecular flexibility index (Phi) is 3.23. The van der Waals surface area contributed by atoms with Gasteiger partial charge in [0.2, 0.25) is 0 Å². The molecular weight excluding hydrogens is 205 g/mol. The molecule has 1 aromatic carbocycles. The van der Waals surface area contributed by atoms with Crippen molar-refractivity contribution < 1.29 is 12.8 Å². The van der Waals surface area contributed by atoms with Crippen LogP contribution in [-0.4, -0.2) is 14.2 Å². The molecule has 78 valence electrons. The quantitative estimate of drug-likeness (QED) is 0.771. The third-order valence-electron chi connectivity index (χ3n) is 1.98. The lowest BCUT2D eigenvalue weighted by Crippen LogP contribution is -2.07. The zero-order valence-electron chi connectivity index (χ0n) is 7.83. The maximum atomic E-state index is 13.0. The zero-order chi connectivity index (χ0) is 10.8. The van der Waals surface area contributed by atoms with Crippen LogP contribution in [0.5, 0.6) is 0 Å². The van der Waals surface area contributed by atoms with E-state index in [1.54, 1.807) is 6.92 Å². The Morgan fingerprint density at radius 1 is 1.43 bits per heavy atom. The molecule has 0 aliphatic carbocycles. The Labute approximate surface area is 82.7 Å². The summed E-state index contributed by atoms with van der Waals surface area (Å²) in [4.78, 5) is 0.127. The summed E-state index contributed by atoms with van der Waals surface area (Å²) in [5.41, 5.74) is 5.49. The molecule has 0 atom stereocenters. The van der Waals surface area contributed by atoms with Crippen molar-refractivity contribution in [2.45, 2.75) is 18.4 Å². The SMILES string of the molecule is CCS(=O)(=O)c1ccc(F)c(CN)c1. The number of halogens is 1. The Balaban J connectivity index is 3.26. The van der Waals surface area contributed by atoms with E-state index in [1.807, 2.05) is 0 Å². The van der Waals surface area contributed by atoms with E-state index < -0.39 is 15.7 Å². The van der Waals surface area contributed by atoms with Gasteiger partial charge < -0.3 is 5.73 Å². The highest BCUT2D eigenvalue weighted by atomic mass is 32.2. The van der Waals surface area contributed by atoms with Crippen molar-refractivity contribution in [1.82, 2.24) is 0 Å². The van der Waals surface area contributed by atoms with Gasteiger partial charge in [-0.3, -0.25) is 0 Å². The average molecular weight is 217 g/mol. The topological polar surface area (TPSA) is 60.2 Å². The second-order valence-corrected chi connectivity index (χ2v) is 5.14. The van der Waals surface area contributed by atoms with Crippen LogP contribution >= 0.6 is 0 Å². The van der Waals surface area contributed by atoms with E-state index in [0.717, 1.165) is 6.07 Å². The Hall–Kier alpha value is -0.940. The standard InChI is InChI=1S/C9H12FNO2S/c1-2-14(12,13)8-3-4-9(10)7(5-8)6-11/h3-5H,2,6,11H2,1H3. The summed E-state index contributed by atoms with van der Waals surface area (Å²) in [7, 11) is -3.27. The summed E-state index contributed by atoms with van der Waals surface area (Å²) in [6.45, 7) is 1.54. The fourth-order valence-electron chi connectivity index (χ4n) is 1.07. The number of hydrogen-bond donors (Lipinski definition) is 1. The van der Waals surface area contributed by atoms with E-state index in [0.29, 0.717) is 0 Å². The van der Waals surface area contributed by atoms with Crippen molar-refractivity contribution in [1.29, 1.82) is 0 Å². The first kappa shape index (κ1) is 11.1. The minimum absolute atomic E-state index is 0.00108. The molecule has 0 spiro atoms. The molecule has 3 nitrogen and oxygen atoms in total. The maximum Gasteiger partial charge on any atom is 0.178 e. The molecule has 0 aromatic heterocycles. The predicted molar refractivity (Wildman–Crippen MR) is 52.0 cm³/mol. The van der Waals surface area contributed by atoms with Crippen LogP contribution in [0.15, 0.2) is 23.1 Å². The molecule has 0 aliphatic heterocycles. The number of sulfone groups is 1. The number of benzene rings is 1. The molecular formula is C9H12FNO2S. The maximum absolute atomic E-state index is 13.0. The smallest absolute Gasteiger partial charge is 0.178 e. The van der Waals surface area contributed by atoms with Gasteiger partial charge in [0.25, 0.3) is 0 Å². The van der Waals surface area contributed by atoms with Gasteiger partial charge in [0.15, 0.2) is 9.84 Å². The molecule has 5 heteroatoms. The first-order chi connectivity index (χ1) is 6.51. The summed E-state index contributed by atoms with van der Waals surface area (Å²) in [6.07, 6.45) is 0.